The third kappa shape index (κ3) is 6.97. The van der Waals surface area contributed by atoms with Gasteiger partial charge < -0.3 is 4.90 Å². The molecule has 350 valence electrons. The zero-order valence-electron chi connectivity index (χ0n) is 42.2. The molecule has 0 radical (unpaired) electrons. The van der Waals surface area contributed by atoms with Gasteiger partial charge in [-0.3, -0.25) is 0 Å². The molecule has 0 aliphatic heterocycles. The molecule has 2 aliphatic carbocycles. The van der Waals surface area contributed by atoms with Crippen LogP contribution in [0.2, 0.25) is 0 Å². The van der Waals surface area contributed by atoms with Gasteiger partial charge >= 0.3 is 0 Å². The summed E-state index contributed by atoms with van der Waals surface area (Å²) in [6, 6.07) is 95.7. The van der Waals surface area contributed by atoms with E-state index < -0.39 is 5.41 Å². The molecule has 73 heavy (non-hydrogen) atoms. The fourth-order valence-corrected chi connectivity index (χ4v) is 12.6. The van der Waals surface area contributed by atoms with Gasteiger partial charge in [-0.2, -0.15) is 0 Å². The van der Waals surface area contributed by atoms with Crippen LogP contribution in [0.3, 0.4) is 0 Å². The lowest BCUT2D eigenvalue weighted by atomic mass is 9.68. The van der Waals surface area contributed by atoms with Crippen LogP contribution in [-0.4, -0.2) is 0 Å². The minimum absolute atomic E-state index is 0.0601. The average molecular weight is 936 g/mol. The quantitative estimate of drug-likeness (QED) is 0.147. The normalized spacial score (nSPS) is 13.8. The predicted molar refractivity (Wildman–Crippen MR) is 309 cm³/mol. The van der Waals surface area contributed by atoms with Crippen LogP contribution < -0.4 is 4.90 Å². The molecule has 0 atom stereocenters. The molecule has 0 saturated heterocycles. The number of rotatable bonds is 8. The highest BCUT2D eigenvalue weighted by molar-refractivity contribution is 6.10. The molecule has 11 aromatic rings. The van der Waals surface area contributed by atoms with Crippen molar-refractivity contribution in [3.05, 3.63) is 294 Å². The molecule has 11 aromatic carbocycles. The molecule has 0 N–H and O–H groups in total. The van der Waals surface area contributed by atoms with Crippen LogP contribution in [0, 0.1) is 0 Å². The van der Waals surface area contributed by atoms with Crippen LogP contribution in [-0.2, 0) is 16.2 Å². The van der Waals surface area contributed by atoms with Crippen LogP contribution in [0.15, 0.2) is 255 Å². The van der Waals surface area contributed by atoms with E-state index in [1.54, 1.807) is 0 Å². The van der Waals surface area contributed by atoms with E-state index in [2.05, 4.69) is 294 Å². The lowest BCUT2D eigenvalue weighted by Crippen LogP contribution is -2.28. The van der Waals surface area contributed by atoms with Gasteiger partial charge in [0.15, 0.2) is 0 Å². The van der Waals surface area contributed by atoms with Gasteiger partial charge in [-0.25, -0.2) is 0 Å². The number of anilines is 3. The first-order chi connectivity index (χ1) is 35.6. The number of hydrogen-bond donors (Lipinski definition) is 0. The van der Waals surface area contributed by atoms with Crippen LogP contribution in [0.1, 0.15) is 73.6 Å². The Kier molecular flexibility index (Phi) is 10.4. The molecule has 0 heterocycles. The molecule has 2 aliphatic rings. The van der Waals surface area contributed by atoms with Gasteiger partial charge in [0, 0.05) is 22.2 Å². The molecule has 1 nitrogen and oxygen atoms in total. The van der Waals surface area contributed by atoms with Gasteiger partial charge in [0.1, 0.15) is 0 Å². The van der Waals surface area contributed by atoms with Gasteiger partial charge in [0.2, 0.25) is 0 Å². The van der Waals surface area contributed by atoms with Gasteiger partial charge in [-0.1, -0.05) is 259 Å². The Balaban J connectivity index is 1.13. The Bertz CT molecular complexity index is 3850. The van der Waals surface area contributed by atoms with Crippen molar-refractivity contribution in [3.8, 4) is 55.6 Å². The van der Waals surface area contributed by atoms with Crippen molar-refractivity contribution in [1.29, 1.82) is 0 Å². The van der Waals surface area contributed by atoms with E-state index in [4.69, 9.17) is 0 Å². The highest BCUT2D eigenvalue weighted by atomic mass is 15.1. The second-order valence-electron chi connectivity index (χ2n) is 21.6. The van der Waals surface area contributed by atoms with E-state index in [0.29, 0.717) is 0 Å². The lowest BCUT2D eigenvalue weighted by Gasteiger charge is -2.34. The molecule has 0 spiro atoms. The van der Waals surface area contributed by atoms with Crippen molar-refractivity contribution >= 4 is 27.8 Å². The second kappa shape index (κ2) is 17.1. The van der Waals surface area contributed by atoms with E-state index in [0.717, 1.165) is 28.2 Å². The van der Waals surface area contributed by atoms with Crippen LogP contribution in [0.4, 0.5) is 17.1 Å². The Morgan fingerprint density at radius 3 is 1.62 bits per heavy atom. The van der Waals surface area contributed by atoms with Gasteiger partial charge in [-0.15, -0.1) is 0 Å². The fraction of sp³-hybridized carbons (Fsp3) is 0.111. The molecule has 13 rings (SSSR count). The van der Waals surface area contributed by atoms with E-state index in [-0.39, 0.29) is 10.8 Å². The predicted octanol–water partition coefficient (Wildman–Crippen LogP) is 19.3. The van der Waals surface area contributed by atoms with Gasteiger partial charge in [0.25, 0.3) is 0 Å². The Morgan fingerprint density at radius 2 is 0.904 bits per heavy atom. The molecule has 0 amide bonds. The maximum absolute atomic E-state index is 2.58. The molecule has 1 heteroatoms. The van der Waals surface area contributed by atoms with Crippen molar-refractivity contribution in [2.24, 2.45) is 0 Å². The van der Waals surface area contributed by atoms with E-state index in [1.807, 2.05) is 0 Å². The summed E-state index contributed by atoms with van der Waals surface area (Å²) in [5, 5.41) is 2.43. The summed E-state index contributed by atoms with van der Waals surface area (Å²) in [6.07, 6.45) is 0. The summed E-state index contributed by atoms with van der Waals surface area (Å²) in [5.74, 6) is 0. The Morgan fingerprint density at radius 1 is 0.342 bits per heavy atom. The SMILES string of the molecule is CC(C)(C)c1ccc(-c2ccc(N(c3ccc4c(c3)-c3ccccc3C4(c3ccccc3)c3ccccc3)c3ccc4ccccc4c3-c3cccc4c3-c3ccccc3C4(C)C)c(-c3ccccc3)c2)cc1. The summed E-state index contributed by atoms with van der Waals surface area (Å²) >= 11 is 0. The minimum Gasteiger partial charge on any atom is -0.309 e. The summed E-state index contributed by atoms with van der Waals surface area (Å²) in [5.41, 5.74) is 24.1. The van der Waals surface area contributed by atoms with Crippen LogP contribution >= 0.6 is 0 Å². The summed E-state index contributed by atoms with van der Waals surface area (Å²) in [4.78, 5) is 2.58. The maximum Gasteiger partial charge on any atom is 0.0713 e. The first-order valence-electron chi connectivity index (χ1n) is 25.8. The Labute approximate surface area is 430 Å². The van der Waals surface area contributed by atoms with Crippen molar-refractivity contribution in [1.82, 2.24) is 0 Å². The third-order valence-corrected chi connectivity index (χ3v) is 16.1. The monoisotopic (exact) mass is 935 g/mol. The molecule has 0 unspecified atom stereocenters. The average Bonchev–Trinajstić information content (AvgIpc) is 3.87. The summed E-state index contributed by atoms with van der Waals surface area (Å²) in [7, 11) is 0. The largest absolute Gasteiger partial charge is 0.309 e. The molecular formula is C72H57N. The van der Waals surface area contributed by atoms with Crippen LogP contribution in [0.5, 0.6) is 0 Å². The number of nitrogens with zero attached hydrogens (tertiary/aromatic N) is 1. The van der Waals surface area contributed by atoms with E-state index in [1.165, 1.54) is 94.2 Å². The zero-order valence-corrected chi connectivity index (χ0v) is 42.2. The number of benzene rings is 11. The zero-order chi connectivity index (χ0) is 49.5. The molecular weight excluding hydrogens is 879 g/mol. The minimum atomic E-state index is -0.518. The molecule has 0 aromatic heterocycles. The van der Waals surface area contributed by atoms with E-state index in [9.17, 15) is 0 Å². The molecule has 0 saturated carbocycles. The van der Waals surface area contributed by atoms with Crippen molar-refractivity contribution in [2.75, 3.05) is 4.90 Å². The third-order valence-electron chi connectivity index (χ3n) is 16.1. The lowest BCUT2D eigenvalue weighted by molar-refractivity contribution is 0.590. The smallest absolute Gasteiger partial charge is 0.0713 e. The molecule has 0 bridgehead atoms. The van der Waals surface area contributed by atoms with Crippen molar-refractivity contribution in [3.63, 3.8) is 0 Å². The highest BCUT2D eigenvalue weighted by Crippen LogP contribution is 2.59. The fourth-order valence-electron chi connectivity index (χ4n) is 12.6. The van der Waals surface area contributed by atoms with Gasteiger partial charge in [0.05, 0.1) is 16.8 Å². The highest BCUT2D eigenvalue weighted by Gasteiger charge is 2.46. The molecule has 0 fully saturated rings. The topological polar surface area (TPSA) is 3.24 Å². The summed E-state index contributed by atoms with van der Waals surface area (Å²) in [6.45, 7) is 11.6. The van der Waals surface area contributed by atoms with Crippen LogP contribution in [0.25, 0.3) is 66.4 Å². The van der Waals surface area contributed by atoms with Gasteiger partial charge in [-0.05, 0) is 130 Å². The van der Waals surface area contributed by atoms with Crippen molar-refractivity contribution < 1.29 is 0 Å². The second-order valence-corrected chi connectivity index (χ2v) is 21.6. The summed E-state index contributed by atoms with van der Waals surface area (Å²) < 4.78 is 0. The number of hydrogen-bond acceptors (Lipinski definition) is 1. The standard InChI is InChI=1S/C72H57N/c1-70(2,3)52-40-36-48(37-41-52)51-39-44-66(60(46-51)49-22-9-6-10-23-49)73(55-42-43-64-61(47-55)57-30-17-20-34-63(57)72(64,53-25-11-7-12-26-53)54-27-13-8-14-28-54)67-45-38-50-24-15-16-29-56(50)69(67)59-32-21-35-65-68(59)58-31-18-19-33-62(58)71(65,4)5/h6-47H,1-5H3. The first kappa shape index (κ1) is 44.4. The maximum atomic E-state index is 2.58. The first-order valence-corrected chi connectivity index (χ1v) is 25.8. The Hall–Kier alpha value is -8.52. The van der Waals surface area contributed by atoms with Crippen molar-refractivity contribution in [2.45, 2.75) is 50.9 Å². The number of fused-ring (bicyclic) bond motifs is 7. The van der Waals surface area contributed by atoms with E-state index >= 15 is 0 Å².